The van der Waals surface area contributed by atoms with Gasteiger partial charge in [-0.3, -0.25) is 0 Å². The quantitative estimate of drug-likeness (QED) is 0.382. The second-order valence-electron chi connectivity index (χ2n) is 6.32. The number of benzene rings is 2. The predicted octanol–water partition coefficient (Wildman–Crippen LogP) is 5.41. The lowest BCUT2D eigenvalue weighted by atomic mass is 10.1. The highest BCUT2D eigenvalue weighted by Crippen LogP contribution is 2.27. The first-order valence-electron chi connectivity index (χ1n) is 8.96. The average Bonchev–Trinajstić information content (AvgIpc) is 3.36. The molecule has 2 heterocycles. The lowest BCUT2D eigenvalue weighted by Crippen LogP contribution is -1.99. The second-order valence-corrected chi connectivity index (χ2v) is 7.70. The van der Waals surface area contributed by atoms with Crippen LogP contribution in [0.15, 0.2) is 52.1 Å². The van der Waals surface area contributed by atoms with Crippen LogP contribution < -0.4 is 0 Å². The Morgan fingerprint density at radius 2 is 1.86 bits per heavy atom. The molecule has 0 aliphatic heterocycles. The molecule has 2 aromatic heterocycles. The maximum Gasteiger partial charge on any atom is 0.237 e. The van der Waals surface area contributed by atoms with Crippen molar-refractivity contribution in [1.29, 1.82) is 0 Å². The first kappa shape index (κ1) is 19.6. The van der Waals surface area contributed by atoms with E-state index >= 15 is 0 Å². The molecule has 0 saturated heterocycles. The molecule has 4 rings (SSSR count). The molecule has 0 aliphatic carbocycles. The summed E-state index contributed by atoms with van der Waals surface area (Å²) in [4.78, 5) is 4.36. The molecule has 9 heteroatoms. The number of aryl methyl sites for hydroxylation is 1. The van der Waals surface area contributed by atoms with Crippen LogP contribution in [0.4, 0.5) is 4.39 Å². The number of hydrogen-bond donors (Lipinski definition) is 0. The Morgan fingerprint density at radius 1 is 1.10 bits per heavy atom. The van der Waals surface area contributed by atoms with Gasteiger partial charge in [-0.2, -0.15) is 4.98 Å². The van der Waals surface area contributed by atoms with Crippen molar-refractivity contribution in [2.45, 2.75) is 31.3 Å². The summed E-state index contributed by atoms with van der Waals surface area (Å²) in [7, 11) is 0. The number of nitrogens with zero attached hydrogens (tertiary/aromatic N) is 5. The van der Waals surface area contributed by atoms with Gasteiger partial charge in [-0.15, -0.1) is 10.2 Å². The molecule has 0 atom stereocenters. The van der Waals surface area contributed by atoms with E-state index in [1.807, 2.05) is 35.8 Å². The third kappa shape index (κ3) is 4.18. The summed E-state index contributed by atoms with van der Waals surface area (Å²) in [5.41, 5.74) is 2.09. The smallest absolute Gasteiger partial charge is 0.237 e. The summed E-state index contributed by atoms with van der Waals surface area (Å²) >= 11 is 7.42. The minimum atomic E-state index is -0.297. The van der Waals surface area contributed by atoms with E-state index in [-0.39, 0.29) is 5.82 Å². The predicted molar refractivity (Wildman–Crippen MR) is 110 cm³/mol. The maximum absolute atomic E-state index is 13.8. The minimum Gasteiger partial charge on any atom is -0.338 e. The van der Waals surface area contributed by atoms with Gasteiger partial charge in [-0.1, -0.05) is 40.7 Å². The average molecular weight is 430 g/mol. The molecule has 29 heavy (non-hydrogen) atoms. The Hall–Kier alpha value is -2.71. The van der Waals surface area contributed by atoms with Crippen molar-refractivity contribution in [3.05, 3.63) is 64.8 Å². The van der Waals surface area contributed by atoms with Crippen LogP contribution in [-0.2, 0) is 12.3 Å². The van der Waals surface area contributed by atoms with Crippen LogP contribution >= 0.6 is 23.4 Å². The Morgan fingerprint density at radius 3 is 2.59 bits per heavy atom. The number of thioether (sulfide) groups is 1. The summed E-state index contributed by atoms with van der Waals surface area (Å²) in [5.74, 6) is 1.70. The molecule has 0 aliphatic rings. The van der Waals surface area contributed by atoms with Crippen molar-refractivity contribution in [2.24, 2.45) is 0 Å². The SMILES string of the molecule is CCn1c(SCc2nc(-c3ccc(C)c(F)c3)no2)nnc1-c1ccc(Cl)cc1. The molecule has 4 aromatic rings. The maximum atomic E-state index is 13.8. The highest BCUT2D eigenvalue weighted by molar-refractivity contribution is 7.98. The molecule has 0 saturated carbocycles. The fraction of sp³-hybridized carbons (Fsp3) is 0.200. The van der Waals surface area contributed by atoms with E-state index in [0.29, 0.717) is 40.2 Å². The van der Waals surface area contributed by atoms with Crippen molar-refractivity contribution in [2.75, 3.05) is 0 Å². The first-order chi connectivity index (χ1) is 14.0. The fourth-order valence-electron chi connectivity index (χ4n) is 2.78. The van der Waals surface area contributed by atoms with Crippen molar-refractivity contribution in [3.63, 3.8) is 0 Å². The van der Waals surface area contributed by atoms with E-state index in [9.17, 15) is 4.39 Å². The van der Waals surface area contributed by atoms with Gasteiger partial charge in [-0.05, 0) is 49.7 Å². The fourth-order valence-corrected chi connectivity index (χ4v) is 3.75. The Balaban J connectivity index is 1.50. The van der Waals surface area contributed by atoms with E-state index in [0.717, 1.165) is 16.5 Å². The number of halogens is 2. The van der Waals surface area contributed by atoms with Gasteiger partial charge >= 0.3 is 0 Å². The third-order valence-electron chi connectivity index (χ3n) is 4.36. The van der Waals surface area contributed by atoms with Crippen LogP contribution in [0.25, 0.3) is 22.8 Å². The van der Waals surface area contributed by atoms with E-state index in [1.165, 1.54) is 17.8 Å². The van der Waals surface area contributed by atoms with Crippen LogP contribution in [0.5, 0.6) is 0 Å². The lowest BCUT2D eigenvalue weighted by Gasteiger charge is -2.06. The second kappa shape index (κ2) is 8.34. The number of hydrogen-bond acceptors (Lipinski definition) is 6. The molecule has 0 amide bonds. The van der Waals surface area contributed by atoms with Crippen molar-refractivity contribution >= 4 is 23.4 Å². The van der Waals surface area contributed by atoms with Gasteiger partial charge in [-0.25, -0.2) is 4.39 Å². The molecular formula is C20H17ClFN5OS. The zero-order chi connectivity index (χ0) is 20.4. The van der Waals surface area contributed by atoms with Crippen LogP contribution in [0.1, 0.15) is 18.4 Å². The normalized spacial score (nSPS) is 11.2. The summed E-state index contributed by atoms with van der Waals surface area (Å²) in [6.45, 7) is 4.45. The molecule has 0 radical (unpaired) electrons. The van der Waals surface area contributed by atoms with Gasteiger partial charge in [0, 0.05) is 22.7 Å². The standard InChI is InChI=1S/C20H17ClFN5OS/c1-3-27-19(13-6-8-15(21)9-7-13)24-25-20(27)29-11-17-23-18(26-28-17)14-5-4-12(2)16(22)10-14/h4-10H,3,11H2,1-2H3. The summed E-state index contributed by atoms with van der Waals surface area (Å²) in [5, 5.41) is 14.0. The van der Waals surface area contributed by atoms with Crippen molar-refractivity contribution < 1.29 is 8.91 Å². The van der Waals surface area contributed by atoms with Gasteiger partial charge in [0.15, 0.2) is 11.0 Å². The highest BCUT2D eigenvalue weighted by atomic mass is 35.5. The van der Waals surface area contributed by atoms with Crippen LogP contribution in [-0.4, -0.2) is 24.9 Å². The summed E-state index contributed by atoms with van der Waals surface area (Å²) < 4.78 is 21.1. The van der Waals surface area contributed by atoms with Crippen molar-refractivity contribution in [1.82, 2.24) is 24.9 Å². The summed E-state index contributed by atoms with van der Waals surface area (Å²) in [6.07, 6.45) is 0. The Kier molecular flexibility index (Phi) is 5.64. The molecule has 2 aromatic carbocycles. The van der Waals surface area contributed by atoms with Gasteiger partial charge in [0.25, 0.3) is 0 Å². The number of aromatic nitrogens is 5. The number of rotatable bonds is 6. The molecule has 0 spiro atoms. The molecule has 0 unspecified atom stereocenters. The highest BCUT2D eigenvalue weighted by Gasteiger charge is 2.16. The monoisotopic (exact) mass is 429 g/mol. The topological polar surface area (TPSA) is 69.6 Å². The van der Waals surface area contributed by atoms with Crippen molar-refractivity contribution in [3.8, 4) is 22.8 Å². The van der Waals surface area contributed by atoms with E-state index in [1.54, 1.807) is 19.1 Å². The van der Waals surface area contributed by atoms with E-state index < -0.39 is 0 Å². The van der Waals surface area contributed by atoms with E-state index in [2.05, 4.69) is 20.3 Å². The zero-order valence-corrected chi connectivity index (χ0v) is 17.3. The molecule has 0 fully saturated rings. The van der Waals surface area contributed by atoms with Crippen LogP contribution in [0.3, 0.4) is 0 Å². The minimum absolute atomic E-state index is 0.297. The Labute approximate surface area is 176 Å². The largest absolute Gasteiger partial charge is 0.338 e. The summed E-state index contributed by atoms with van der Waals surface area (Å²) in [6, 6.07) is 12.3. The molecule has 148 valence electrons. The van der Waals surface area contributed by atoms with Gasteiger partial charge in [0.1, 0.15) is 5.82 Å². The third-order valence-corrected chi connectivity index (χ3v) is 5.56. The lowest BCUT2D eigenvalue weighted by molar-refractivity contribution is 0.391. The first-order valence-corrected chi connectivity index (χ1v) is 10.3. The van der Waals surface area contributed by atoms with Gasteiger partial charge < -0.3 is 9.09 Å². The van der Waals surface area contributed by atoms with Gasteiger partial charge in [0.2, 0.25) is 11.7 Å². The molecule has 0 bridgehead atoms. The van der Waals surface area contributed by atoms with E-state index in [4.69, 9.17) is 16.1 Å². The molecule has 0 N–H and O–H groups in total. The molecular weight excluding hydrogens is 413 g/mol. The Bertz CT molecular complexity index is 1140. The van der Waals surface area contributed by atoms with Gasteiger partial charge in [0.05, 0.1) is 5.75 Å². The zero-order valence-electron chi connectivity index (χ0n) is 15.8. The van der Waals surface area contributed by atoms with Crippen LogP contribution in [0, 0.1) is 12.7 Å². The van der Waals surface area contributed by atoms with Crippen LogP contribution in [0.2, 0.25) is 5.02 Å². The molecule has 6 nitrogen and oxygen atoms in total.